The summed E-state index contributed by atoms with van der Waals surface area (Å²) >= 11 is 0. The second-order valence-corrected chi connectivity index (χ2v) is 9.15. The average molecular weight is 385 g/mol. The number of carbonyl (C=O) groups is 2. The summed E-state index contributed by atoms with van der Waals surface area (Å²) in [7, 11) is 0. The molecule has 1 unspecified atom stereocenters. The normalized spacial score (nSPS) is 21.5. The molecule has 1 rings (SSSR count). The van der Waals surface area contributed by atoms with E-state index >= 15 is 0 Å². The second-order valence-electron chi connectivity index (χ2n) is 9.15. The Labute approximate surface area is 164 Å². The standard InChI is InChI=1S/C21H39NO5/c1-6-7-8-9-10-11-15-27-22(17(19(25)26)16-18(23)24)20(2,3)13-12-14-21(22,4)5/h17H,6-16H2,1-5H3,(H-,23,24,25,26)/p-1. The minimum Gasteiger partial charge on any atom is -0.550 e. The maximum Gasteiger partial charge on any atom is 0.165 e. The van der Waals surface area contributed by atoms with Gasteiger partial charge in [-0.15, -0.1) is 0 Å². The van der Waals surface area contributed by atoms with Gasteiger partial charge in [-0.2, -0.15) is 4.65 Å². The van der Waals surface area contributed by atoms with Crippen LogP contribution in [-0.4, -0.2) is 40.3 Å². The zero-order valence-electron chi connectivity index (χ0n) is 17.8. The molecule has 0 spiro atoms. The summed E-state index contributed by atoms with van der Waals surface area (Å²) in [6, 6.07) is -1.29. The Morgan fingerprint density at radius 2 is 1.48 bits per heavy atom. The van der Waals surface area contributed by atoms with Crippen molar-refractivity contribution < 1.29 is 29.3 Å². The fourth-order valence-electron chi connectivity index (χ4n) is 5.00. The summed E-state index contributed by atoms with van der Waals surface area (Å²) in [6.45, 7) is 10.5. The molecule has 1 atom stereocenters. The number of quaternary nitrogens is 1. The van der Waals surface area contributed by atoms with Gasteiger partial charge in [0.25, 0.3) is 0 Å². The molecule has 0 aromatic rings. The Hall–Kier alpha value is -1.14. The van der Waals surface area contributed by atoms with Gasteiger partial charge in [-0.1, -0.05) is 39.0 Å². The molecule has 27 heavy (non-hydrogen) atoms. The van der Waals surface area contributed by atoms with Crippen molar-refractivity contribution >= 4 is 11.9 Å². The van der Waals surface area contributed by atoms with Gasteiger partial charge in [0.2, 0.25) is 0 Å². The van der Waals surface area contributed by atoms with E-state index in [-0.39, 0.29) is 4.65 Å². The highest BCUT2D eigenvalue weighted by Gasteiger charge is 2.63. The predicted octanol–water partition coefficient (Wildman–Crippen LogP) is 2.09. The highest BCUT2D eigenvalue weighted by atomic mass is 16.7. The third-order valence-electron chi connectivity index (χ3n) is 6.24. The Morgan fingerprint density at radius 1 is 0.963 bits per heavy atom. The Bertz CT molecular complexity index is 485. The number of piperidine rings is 1. The monoisotopic (exact) mass is 384 g/mol. The zero-order valence-corrected chi connectivity index (χ0v) is 17.8. The fourth-order valence-corrected chi connectivity index (χ4v) is 5.00. The van der Waals surface area contributed by atoms with E-state index in [9.17, 15) is 19.8 Å². The molecule has 0 radical (unpaired) electrons. The number of carbonyl (C=O) groups excluding carboxylic acids is 2. The van der Waals surface area contributed by atoms with Gasteiger partial charge in [-0.05, 0) is 40.5 Å². The topological polar surface area (TPSA) is 89.5 Å². The van der Waals surface area contributed by atoms with Crippen molar-refractivity contribution in [3.8, 4) is 0 Å². The third-order valence-corrected chi connectivity index (χ3v) is 6.24. The number of carboxylic acids is 2. The van der Waals surface area contributed by atoms with Crippen molar-refractivity contribution in [2.75, 3.05) is 6.61 Å². The Kier molecular flexibility index (Phi) is 8.74. The van der Waals surface area contributed by atoms with Crippen molar-refractivity contribution in [2.24, 2.45) is 0 Å². The number of likely N-dealkylation sites (tertiary alicyclic amines) is 1. The van der Waals surface area contributed by atoms with Gasteiger partial charge >= 0.3 is 0 Å². The number of unbranched alkanes of at least 4 members (excludes halogenated alkanes) is 5. The summed E-state index contributed by atoms with van der Waals surface area (Å²) < 4.78 is -0.217. The Balaban J connectivity index is 3.08. The van der Waals surface area contributed by atoms with Gasteiger partial charge in [-0.25, -0.2) is 4.84 Å². The second kappa shape index (κ2) is 9.87. The minimum atomic E-state index is -1.39. The van der Waals surface area contributed by atoms with Crippen molar-refractivity contribution in [1.29, 1.82) is 0 Å². The van der Waals surface area contributed by atoms with E-state index in [0.29, 0.717) is 6.61 Å². The maximum absolute atomic E-state index is 12.0. The van der Waals surface area contributed by atoms with E-state index in [1.165, 1.54) is 19.3 Å². The molecule has 158 valence electrons. The van der Waals surface area contributed by atoms with Crippen LogP contribution in [0, 0.1) is 0 Å². The predicted molar refractivity (Wildman–Crippen MR) is 100 cm³/mol. The Morgan fingerprint density at radius 3 is 1.96 bits per heavy atom. The summed E-state index contributed by atoms with van der Waals surface area (Å²) in [5.41, 5.74) is -1.08. The molecule has 0 aromatic heterocycles. The van der Waals surface area contributed by atoms with E-state index in [4.69, 9.17) is 4.84 Å². The number of aliphatic carboxylic acids is 2. The molecule has 0 aromatic carbocycles. The number of hydroxylamine groups is 3. The zero-order chi connectivity index (χ0) is 20.7. The quantitative estimate of drug-likeness (QED) is 0.380. The number of hydrogen-bond acceptors (Lipinski definition) is 5. The molecule has 0 amide bonds. The maximum atomic E-state index is 12.0. The van der Waals surface area contributed by atoms with Crippen LogP contribution in [0.4, 0.5) is 0 Å². The van der Waals surface area contributed by atoms with Gasteiger partial charge in [0.05, 0.1) is 0 Å². The lowest BCUT2D eigenvalue weighted by molar-refractivity contribution is -1.19. The van der Waals surface area contributed by atoms with E-state index in [1.807, 2.05) is 27.7 Å². The molecule has 1 heterocycles. The van der Waals surface area contributed by atoms with Crippen LogP contribution in [0.25, 0.3) is 0 Å². The summed E-state index contributed by atoms with van der Waals surface area (Å²) in [4.78, 5) is 29.7. The molecular formula is C21H38NO5-. The number of hydrogen-bond donors (Lipinski definition) is 0. The van der Waals surface area contributed by atoms with Crippen molar-refractivity contribution in [2.45, 2.75) is 116 Å². The van der Waals surface area contributed by atoms with Gasteiger partial charge in [0.1, 0.15) is 23.7 Å². The van der Waals surface area contributed by atoms with Crippen LogP contribution in [0.2, 0.25) is 0 Å². The first-order valence-corrected chi connectivity index (χ1v) is 10.5. The van der Waals surface area contributed by atoms with Gasteiger partial charge < -0.3 is 19.8 Å². The molecule has 0 aliphatic carbocycles. The summed E-state index contributed by atoms with van der Waals surface area (Å²) in [5, 5.41) is 23.4. The van der Waals surface area contributed by atoms with Crippen LogP contribution >= 0.6 is 0 Å². The SMILES string of the molecule is CCCCCCCCO[N+]1(C(CC(=O)[O-])C(=O)[O-])C(C)(C)CCCC1(C)C. The molecule has 0 bridgehead atoms. The molecule has 1 aliphatic rings. The molecule has 6 nitrogen and oxygen atoms in total. The average Bonchev–Trinajstić information content (AvgIpc) is 2.53. The van der Waals surface area contributed by atoms with E-state index in [2.05, 4.69) is 6.92 Å². The lowest BCUT2D eigenvalue weighted by atomic mass is 9.76. The number of rotatable bonds is 12. The van der Waals surface area contributed by atoms with Crippen LogP contribution in [0.15, 0.2) is 0 Å². The van der Waals surface area contributed by atoms with Crippen LogP contribution in [-0.2, 0) is 14.4 Å². The minimum absolute atomic E-state index is 0.217. The largest absolute Gasteiger partial charge is 0.550 e. The molecule has 1 saturated heterocycles. The highest BCUT2D eigenvalue weighted by Crippen LogP contribution is 2.49. The third kappa shape index (κ3) is 5.44. The molecule has 0 N–H and O–H groups in total. The van der Waals surface area contributed by atoms with Crippen LogP contribution in [0.3, 0.4) is 0 Å². The lowest BCUT2D eigenvalue weighted by Crippen LogP contribution is -2.79. The van der Waals surface area contributed by atoms with Gasteiger partial charge in [-0.3, -0.25) is 0 Å². The molecule has 1 aliphatic heterocycles. The first-order chi connectivity index (χ1) is 12.5. The van der Waals surface area contributed by atoms with E-state index in [1.54, 1.807) is 0 Å². The molecular weight excluding hydrogens is 346 g/mol. The highest BCUT2D eigenvalue weighted by molar-refractivity contribution is 5.77. The van der Waals surface area contributed by atoms with Crippen molar-refractivity contribution in [3.05, 3.63) is 0 Å². The molecule has 6 heteroatoms. The first kappa shape index (κ1) is 23.9. The van der Waals surface area contributed by atoms with E-state index < -0.39 is 35.5 Å². The van der Waals surface area contributed by atoms with Gasteiger partial charge in [0, 0.05) is 25.2 Å². The van der Waals surface area contributed by atoms with Crippen LogP contribution in [0.1, 0.15) is 98.8 Å². The van der Waals surface area contributed by atoms with Crippen LogP contribution in [0.5, 0.6) is 0 Å². The fraction of sp³-hybridized carbons (Fsp3) is 0.905. The number of carboxylic acid groups (broad SMARTS) is 2. The van der Waals surface area contributed by atoms with Crippen LogP contribution < -0.4 is 10.2 Å². The first-order valence-electron chi connectivity index (χ1n) is 10.5. The molecule has 0 saturated carbocycles. The summed E-state index contributed by atoms with van der Waals surface area (Å²) in [6.07, 6.45) is 8.48. The van der Waals surface area contributed by atoms with Crippen molar-refractivity contribution in [3.63, 3.8) is 0 Å². The smallest absolute Gasteiger partial charge is 0.165 e. The van der Waals surface area contributed by atoms with Crippen molar-refractivity contribution in [1.82, 2.24) is 0 Å². The lowest BCUT2D eigenvalue weighted by Gasteiger charge is -2.62. The van der Waals surface area contributed by atoms with Gasteiger partial charge in [0.15, 0.2) is 6.04 Å². The summed E-state index contributed by atoms with van der Waals surface area (Å²) in [5.74, 6) is -2.77. The molecule has 1 fully saturated rings. The van der Waals surface area contributed by atoms with E-state index in [0.717, 1.165) is 38.5 Å². The number of nitrogens with zero attached hydrogens (tertiary/aromatic N) is 1.